The Hall–Kier alpha value is -1.51. The van der Waals surface area contributed by atoms with Crippen molar-refractivity contribution >= 4 is 5.97 Å². The molecule has 0 spiro atoms. The smallest absolute Gasteiger partial charge is 0.340 e. The Labute approximate surface area is 149 Å². The van der Waals surface area contributed by atoms with Gasteiger partial charge < -0.3 is 19.9 Å². The molecule has 2 rings (SSSR count). The average Bonchev–Trinajstić information content (AvgIpc) is 2.64. The second kappa shape index (κ2) is 9.84. The molecular formula is C18H29N3O4. The summed E-state index contributed by atoms with van der Waals surface area (Å²) in [5.74, 6) is -0.986. The van der Waals surface area contributed by atoms with E-state index in [-0.39, 0.29) is 6.04 Å². The van der Waals surface area contributed by atoms with Gasteiger partial charge in [0.25, 0.3) is 0 Å². The van der Waals surface area contributed by atoms with E-state index >= 15 is 0 Å². The van der Waals surface area contributed by atoms with Gasteiger partial charge in [0, 0.05) is 32.2 Å². The summed E-state index contributed by atoms with van der Waals surface area (Å²) in [6.07, 6.45) is 0. The fourth-order valence-electron chi connectivity index (χ4n) is 2.63. The number of hydrogen-bond acceptors (Lipinski definition) is 6. The third kappa shape index (κ3) is 6.05. The summed E-state index contributed by atoms with van der Waals surface area (Å²) >= 11 is 0. The Balaban J connectivity index is 1.72. The quantitative estimate of drug-likeness (QED) is 0.538. The zero-order valence-electron chi connectivity index (χ0n) is 15.0. The van der Waals surface area contributed by atoms with Crippen LogP contribution in [-0.2, 0) is 19.9 Å². The molecular weight excluding hydrogens is 322 g/mol. The summed E-state index contributed by atoms with van der Waals surface area (Å²) in [4.78, 5) is 11.7. The van der Waals surface area contributed by atoms with Crippen LogP contribution in [0.2, 0.25) is 0 Å². The standard InChI is InChI=1S/C18H29N3O4/c1-15(19-8-9-20-21-10-12-24-13-11-21)14-25-18(2,17(22)23)16-6-4-3-5-7-16/h3-7,15,19-20H,8-14H2,1-2H3,(H,22,23). The third-order valence-electron chi connectivity index (χ3n) is 4.32. The normalized spacial score (nSPS) is 19.3. The summed E-state index contributed by atoms with van der Waals surface area (Å²) in [6, 6.07) is 9.10. The first kappa shape index (κ1) is 19.8. The summed E-state index contributed by atoms with van der Waals surface area (Å²) < 4.78 is 11.1. The first-order valence-corrected chi connectivity index (χ1v) is 8.75. The van der Waals surface area contributed by atoms with Crippen molar-refractivity contribution in [2.75, 3.05) is 46.0 Å². The molecule has 7 heteroatoms. The SMILES string of the molecule is CC(COC(C)(C(=O)O)c1ccccc1)NCCNN1CCOCC1. The lowest BCUT2D eigenvalue weighted by atomic mass is 9.96. The Morgan fingerprint density at radius 3 is 2.64 bits per heavy atom. The van der Waals surface area contributed by atoms with E-state index in [1.165, 1.54) is 0 Å². The number of carbonyl (C=O) groups is 1. The number of aliphatic carboxylic acids is 1. The largest absolute Gasteiger partial charge is 0.479 e. The van der Waals surface area contributed by atoms with Crippen molar-refractivity contribution in [3.05, 3.63) is 35.9 Å². The number of nitrogens with zero attached hydrogens (tertiary/aromatic N) is 1. The molecule has 7 nitrogen and oxygen atoms in total. The van der Waals surface area contributed by atoms with Gasteiger partial charge in [0.15, 0.2) is 5.60 Å². The van der Waals surface area contributed by atoms with Gasteiger partial charge in [0.2, 0.25) is 0 Å². The van der Waals surface area contributed by atoms with Crippen LogP contribution < -0.4 is 10.7 Å². The van der Waals surface area contributed by atoms with Crippen LogP contribution in [0.25, 0.3) is 0 Å². The van der Waals surface area contributed by atoms with E-state index in [2.05, 4.69) is 15.8 Å². The van der Waals surface area contributed by atoms with Gasteiger partial charge in [-0.05, 0) is 19.4 Å². The van der Waals surface area contributed by atoms with Gasteiger partial charge in [-0.3, -0.25) is 5.43 Å². The summed E-state index contributed by atoms with van der Waals surface area (Å²) in [5, 5.41) is 15.1. The minimum Gasteiger partial charge on any atom is -0.479 e. The number of ether oxygens (including phenoxy) is 2. The van der Waals surface area contributed by atoms with Crippen LogP contribution in [0.3, 0.4) is 0 Å². The number of nitrogens with one attached hydrogen (secondary N) is 2. The second-order valence-electron chi connectivity index (χ2n) is 6.38. The number of carboxylic acid groups (broad SMARTS) is 1. The zero-order chi connectivity index (χ0) is 18.1. The summed E-state index contributed by atoms with van der Waals surface area (Å²) in [7, 11) is 0. The monoisotopic (exact) mass is 351 g/mol. The predicted octanol–water partition coefficient (Wildman–Crippen LogP) is 0.818. The Morgan fingerprint density at radius 2 is 2.00 bits per heavy atom. The van der Waals surface area contributed by atoms with Gasteiger partial charge in [0.05, 0.1) is 19.8 Å². The van der Waals surface area contributed by atoms with E-state index < -0.39 is 11.6 Å². The van der Waals surface area contributed by atoms with Gasteiger partial charge in [-0.15, -0.1) is 0 Å². The lowest BCUT2D eigenvalue weighted by Crippen LogP contribution is -2.48. The van der Waals surface area contributed by atoms with Gasteiger partial charge >= 0.3 is 5.97 Å². The van der Waals surface area contributed by atoms with Gasteiger partial charge in [-0.2, -0.15) is 0 Å². The van der Waals surface area contributed by atoms with Crippen LogP contribution in [0.15, 0.2) is 30.3 Å². The van der Waals surface area contributed by atoms with Crippen LogP contribution in [0.1, 0.15) is 19.4 Å². The van der Waals surface area contributed by atoms with Gasteiger partial charge in [0.1, 0.15) is 0 Å². The number of hydrogen-bond donors (Lipinski definition) is 3. The second-order valence-corrected chi connectivity index (χ2v) is 6.38. The average molecular weight is 351 g/mol. The van der Waals surface area contributed by atoms with Gasteiger partial charge in [-0.1, -0.05) is 30.3 Å². The fourth-order valence-corrected chi connectivity index (χ4v) is 2.63. The van der Waals surface area contributed by atoms with E-state index in [1.807, 2.05) is 25.1 Å². The highest BCUT2D eigenvalue weighted by atomic mass is 16.5. The Bertz CT molecular complexity index is 522. The molecule has 1 aromatic carbocycles. The predicted molar refractivity (Wildman–Crippen MR) is 95.2 cm³/mol. The molecule has 25 heavy (non-hydrogen) atoms. The van der Waals surface area contributed by atoms with E-state index in [9.17, 15) is 9.90 Å². The van der Waals surface area contributed by atoms with Crippen molar-refractivity contribution in [2.45, 2.75) is 25.5 Å². The number of rotatable bonds is 10. The molecule has 140 valence electrons. The van der Waals surface area contributed by atoms with Crippen molar-refractivity contribution in [2.24, 2.45) is 0 Å². The molecule has 1 aromatic rings. The minimum atomic E-state index is -1.34. The van der Waals surface area contributed by atoms with Crippen molar-refractivity contribution in [3.63, 3.8) is 0 Å². The minimum absolute atomic E-state index is 0.0499. The van der Waals surface area contributed by atoms with Crippen LogP contribution in [0, 0.1) is 0 Å². The molecule has 1 saturated heterocycles. The topological polar surface area (TPSA) is 83.1 Å². The molecule has 3 N–H and O–H groups in total. The van der Waals surface area contributed by atoms with E-state index in [1.54, 1.807) is 19.1 Å². The lowest BCUT2D eigenvalue weighted by Gasteiger charge is -2.29. The van der Waals surface area contributed by atoms with Crippen LogP contribution in [0.4, 0.5) is 0 Å². The van der Waals surface area contributed by atoms with E-state index in [0.717, 1.165) is 39.4 Å². The zero-order valence-corrected chi connectivity index (χ0v) is 15.0. The van der Waals surface area contributed by atoms with Crippen molar-refractivity contribution in [1.82, 2.24) is 15.8 Å². The van der Waals surface area contributed by atoms with Crippen molar-refractivity contribution < 1.29 is 19.4 Å². The Morgan fingerprint density at radius 1 is 1.32 bits per heavy atom. The van der Waals surface area contributed by atoms with E-state index in [4.69, 9.17) is 9.47 Å². The molecule has 1 heterocycles. The molecule has 0 amide bonds. The molecule has 2 unspecified atom stereocenters. The summed E-state index contributed by atoms with van der Waals surface area (Å²) in [5.41, 5.74) is 2.65. The highest BCUT2D eigenvalue weighted by Gasteiger charge is 2.36. The van der Waals surface area contributed by atoms with Crippen molar-refractivity contribution in [1.29, 1.82) is 0 Å². The lowest BCUT2D eigenvalue weighted by molar-refractivity contribution is -0.166. The van der Waals surface area contributed by atoms with Crippen LogP contribution >= 0.6 is 0 Å². The van der Waals surface area contributed by atoms with Gasteiger partial charge in [-0.25, -0.2) is 9.80 Å². The van der Waals surface area contributed by atoms with Crippen LogP contribution in [0.5, 0.6) is 0 Å². The summed E-state index contributed by atoms with van der Waals surface area (Å²) in [6.45, 7) is 8.79. The molecule has 0 bridgehead atoms. The molecule has 1 fully saturated rings. The maximum atomic E-state index is 11.7. The molecule has 0 aliphatic carbocycles. The maximum Gasteiger partial charge on any atom is 0.340 e. The first-order valence-electron chi connectivity index (χ1n) is 8.75. The van der Waals surface area contributed by atoms with Crippen LogP contribution in [-0.4, -0.2) is 68.1 Å². The number of carboxylic acids is 1. The number of morpholine rings is 1. The molecule has 0 radical (unpaired) electrons. The molecule has 0 saturated carbocycles. The molecule has 0 aromatic heterocycles. The number of hydrazine groups is 1. The number of benzene rings is 1. The first-order chi connectivity index (χ1) is 12.0. The highest BCUT2D eigenvalue weighted by molar-refractivity contribution is 5.78. The van der Waals surface area contributed by atoms with E-state index in [0.29, 0.717) is 12.2 Å². The third-order valence-corrected chi connectivity index (χ3v) is 4.32. The molecule has 1 aliphatic rings. The van der Waals surface area contributed by atoms with Crippen molar-refractivity contribution in [3.8, 4) is 0 Å². The Kier molecular flexibility index (Phi) is 7.80. The maximum absolute atomic E-state index is 11.7. The molecule has 2 atom stereocenters. The fraction of sp³-hybridized carbons (Fsp3) is 0.611. The highest BCUT2D eigenvalue weighted by Crippen LogP contribution is 2.25. The molecule has 1 aliphatic heterocycles.